The molecule has 2 atom stereocenters. The summed E-state index contributed by atoms with van der Waals surface area (Å²) in [6, 6.07) is 0.327. The van der Waals surface area contributed by atoms with Crippen LogP contribution < -0.4 is 0 Å². The van der Waals surface area contributed by atoms with E-state index in [1.54, 1.807) is 0 Å². The molecule has 1 heterocycles. The molecule has 1 aliphatic heterocycles. The molecule has 0 amide bonds. The summed E-state index contributed by atoms with van der Waals surface area (Å²) in [4.78, 5) is 12.9. The highest BCUT2D eigenvalue weighted by atomic mass is 32.2. The van der Waals surface area contributed by atoms with Gasteiger partial charge in [-0.15, -0.1) is 0 Å². The molecule has 1 saturated heterocycles. The van der Waals surface area contributed by atoms with Crippen LogP contribution in [0.15, 0.2) is 0 Å². The van der Waals surface area contributed by atoms with Gasteiger partial charge >= 0.3 is 5.97 Å². The quantitative estimate of drug-likeness (QED) is 0.784. The van der Waals surface area contributed by atoms with Gasteiger partial charge in [0.05, 0.1) is 17.4 Å². The van der Waals surface area contributed by atoms with Gasteiger partial charge in [0.25, 0.3) is 0 Å². The minimum Gasteiger partial charge on any atom is -0.481 e. The highest BCUT2D eigenvalue weighted by Gasteiger charge is 2.24. The van der Waals surface area contributed by atoms with Gasteiger partial charge in [-0.05, 0) is 32.9 Å². The Balaban J connectivity index is 2.43. The van der Waals surface area contributed by atoms with E-state index in [1.807, 2.05) is 7.05 Å². The molecule has 1 N–H and O–H groups in total. The van der Waals surface area contributed by atoms with Crippen molar-refractivity contribution >= 4 is 15.8 Å². The third kappa shape index (κ3) is 4.94. The number of sulfone groups is 1. The van der Waals surface area contributed by atoms with Crippen LogP contribution in [-0.2, 0) is 14.6 Å². The largest absolute Gasteiger partial charge is 0.481 e. The number of carboxylic acid groups (broad SMARTS) is 1. The van der Waals surface area contributed by atoms with Crippen molar-refractivity contribution in [3.05, 3.63) is 0 Å². The van der Waals surface area contributed by atoms with E-state index in [-0.39, 0.29) is 11.5 Å². The lowest BCUT2D eigenvalue weighted by Gasteiger charge is -2.32. The monoisotopic (exact) mass is 277 g/mol. The molecule has 1 rings (SSSR count). The molecule has 0 aromatic heterocycles. The molecule has 6 heteroatoms. The Morgan fingerprint density at radius 3 is 2.67 bits per heavy atom. The third-order valence-corrected chi connectivity index (χ3v) is 5.47. The molecule has 1 fully saturated rings. The van der Waals surface area contributed by atoms with Crippen LogP contribution in [0.2, 0.25) is 0 Å². The predicted molar refractivity (Wildman–Crippen MR) is 70.3 cm³/mol. The van der Waals surface area contributed by atoms with Gasteiger partial charge in [-0.1, -0.05) is 13.3 Å². The lowest BCUT2D eigenvalue weighted by atomic mass is 10.0. The van der Waals surface area contributed by atoms with Crippen molar-refractivity contribution in [2.45, 2.75) is 38.6 Å². The number of aliphatic carboxylic acids is 1. The molecule has 5 nitrogen and oxygen atoms in total. The molecule has 2 unspecified atom stereocenters. The van der Waals surface area contributed by atoms with Crippen LogP contribution in [0.5, 0.6) is 0 Å². The molecule has 0 aliphatic carbocycles. The number of hydrogen-bond acceptors (Lipinski definition) is 4. The first-order chi connectivity index (χ1) is 8.32. The van der Waals surface area contributed by atoms with E-state index in [2.05, 4.69) is 4.90 Å². The molecule has 0 aromatic carbocycles. The Morgan fingerprint density at radius 1 is 1.44 bits per heavy atom. The van der Waals surface area contributed by atoms with Gasteiger partial charge in [0, 0.05) is 6.04 Å². The van der Waals surface area contributed by atoms with Crippen LogP contribution in [0.25, 0.3) is 0 Å². The number of hydrogen-bond donors (Lipinski definition) is 1. The Morgan fingerprint density at radius 2 is 2.11 bits per heavy atom. The maximum absolute atomic E-state index is 11.8. The van der Waals surface area contributed by atoms with E-state index in [9.17, 15) is 13.2 Å². The van der Waals surface area contributed by atoms with Crippen LogP contribution in [0, 0.1) is 5.92 Å². The summed E-state index contributed by atoms with van der Waals surface area (Å²) in [7, 11) is -1.23. The van der Waals surface area contributed by atoms with Crippen LogP contribution in [0.4, 0.5) is 0 Å². The number of nitrogens with zero attached hydrogens (tertiary/aromatic N) is 1. The van der Waals surface area contributed by atoms with Crippen molar-refractivity contribution in [1.29, 1.82) is 0 Å². The molecule has 0 bridgehead atoms. The van der Waals surface area contributed by atoms with E-state index < -0.39 is 21.7 Å². The topological polar surface area (TPSA) is 74.7 Å². The molecule has 0 aromatic rings. The van der Waals surface area contributed by atoms with E-state index in [4.69, 9.17) is 5.11 Å². The SMILES string of the molecule is CC(CS(=O)(=O)CCC1CCCCN1C)C(=O)O. The summed E-state index contributed by atoms with van der Waals surface area (Å²) >= 11 is 0. The summed E-state index contributed by atoms with van der Waals surface area (Å²) in [6.07, 6.45) is 3.99. The minimum atomic E-state index is -3.26. The van der Waals surface area contributed by atoms with Gasteiger partial charge in [0.2, 0.25) is 0 Å². The van der Waals surface area contributed by atoms with E-state index in [0.717, 1.165) is 19.4 Å². The molecule has 0 spiro atoms. The van der Waals surface area contributed by atoms with Crippen molar-refractivity contribution in [3.63, 3.8) is 0 Å². The molecule has 1 aliphatic rings. The third-order valence-electron chi connectivity index (χ3n) is 3.61. The zero-order valence-electron chi connectivity index (χ0n) is 11.1. The highest BCUT2D eigenvalue weighted by molar-refractivity contribution is 7.91. The second-order valence-corrected chi connectivity index (χ2v) is 7.50. The maximum Gasteiger partial charge on any atom is 0.307 e. The number of rotatable bonds is 6. The van der Waals surface area contributed by atoms with Crippen molar-refractivity contribution in [2.24, 2.45) is 5.92 Å². The van der Waals surface area contributed by atoms with E-state index in [1.165, 1.54) is 13.3 Å². The number of likely N-dealkylation sites (tertiary alicyclic amines) is 1. The summed E-state index contributed by atoms with van der Waals surface area (Å²) in [5.74, 6) is -2.02. The predicted octanol–water partition coefficient (Wildman–Crippen LogP) is 0.996. The van der Waals surface area contributed by atoms with E-state index in [0.29, 0.717) is 12.5 Å². The summed E-state index contributed by atoms with van der Waals surface area (Å²) in [6.45, 7) is 2.46. The second kappa shape index (κ2) is 6.52. The highest BCUT2D eigenvalue weighted by Crippen LogP contribution is 2.18. The Labute approximate surface area is 109 Å². The average Bonchev–Trinajstić information content (AvgIpc) is 2.27. The standard InChI is InChI=1S/C12H23NO4S/c1-10(12(14)15)9-18(16,17)8-6-11-5-3-4-7-13(11)2/h10-11H,3-9H2,1-2H3,(H,14,15). The first-order valence-corrected chi connectivity index (χ1v) is 8.27. The first-order valence-electron chi connectivity index (χ1n) is 6.45. The fourth-order valence-corrected chi connectivity index (χ4v) is 4.06. The molecule has 0 radical (unpaired) electrons. The molecule has 106 valence electrons. The summed E-state index contributed by atoms with van der Waals surface area (Å²) in [5, 5.41) is 8.73. The van der Waals surface area contributed by atoms with Gasteiger partial charge in [-0.3, -0.25) is 4.79 Å². The minimum absolute atomic E-state index is 0.0969. The van der Waals surface area contributed by atoms with Gasteiger partial charge in [0.15, 0.2) is 9.84 Å². The smallest absolute Gasteiger partial charge is 0.307 e. The van der Waals surface area contributed by atoms with Crippen molar-refractivity contribution < 1.29 is 18.3 Å². The van der Waals surface area contributed by atoms with Crippen molar-refractivity contribution in [1.82, 2.24) is 4.90 Å². The van der Waals surface area contributed by atoms with Crippen LogP contribution >= 0.6 is 0 Å². The first kappa shape index (κ1) is 15.4. The average molecular weight is 277 g/mol. The van der Waals surface area contributed by atoms with Crippen LogP contribution in [0.3, 0.4) is 0 Å². The van der Waals surface area contributed by atoms with Gasteiger partial charge in [0.1, 0.15) is 0 Å². The summed E-state index contributed by atoms with van der Waals surface area (Å²) in [5.41, 5.74) is 0. The molecule has 18 heavy (non-hydrogen) atoms. The lowest BCUT2D eigenvalue weighted by molar-refractivity contribution is -0.140. The normalized spacial score (nSPS) is 23.8. The van der Waals surface area contributed by atoms with Crippen molar-refractivity contribution in [3.8, 4) is 0 Å². The Hall–Kier alpha value is -0.620. The van der Waals surface area contributed by atoms with Gasteiger partial charge in [-0.2, -0.15) is 0 Å². The zero-order valence-corrected chi connectivity index (χ0v) is 11.9. The zero-order chi connectivity index (χ0) is 13.8. The van der Waals surface area contributed by atoms with Crippen LogP contribution in [-0.4, -0.2) is 55.5 Å². The lowest BCUT2D eigenvalue weighted by Crippen LogP contribution is -2.37. The number of carboxylic acids is 1. The molecule has 0 saturated carbocycles. The Bertz CT molecular complexity index is 380. The number of carbonyl (C=O) groups is 1. The van der Waals surface area contributed by atoms with Crippen LogP contribution in [0.1, 0.15) is 32.6 Å². The fourth-order valence-electron chi connectivity index (χ4n) is 2.36. The van der Waals surface area contributed by atoms with Crippen molar-refractivity contribution in [2.75, 3.05) is 25.1 Å². The van der Waals surface area contributed by atoms with E-state index >= 15 is 0 Å². The number of piperidine rings is 1. The maximum atomic E-state index is 11.8. The molecular formula is C12H23NO4S. The summed E-state index contributed by atoms with van der Waals surface area (Å²) < 4.78 is 23.6. The Kier molecular flexibility index (Phi) is 5.59. The van der Waals surface area contributed by atoms with Gasteiger partial charge < -0.3 is 10.0 Å². The fraction of sp³-hybridized carbons (Fsp3) is 0.917. The second-order valence-electron chi connectivity index (χ2n) is 5.27. The molecular weight excluding hydrogens is 254 g/mol. The van der Waals surface area contributed by atoms with Gasteiger partial charge in [-0.25, -0.2) is 8.42 Å².